The monoisotopic (exact) mass is 286 g/mol. The zero-order valence-corrected chi connectivity index (χ0v) is 12.5. The summed E-state index contributed by atoms with van der Waals surface area (Å²) in [5, 5.41) is 8.48. The van der Waals surface area contributed by atoms with Crippen molar-refractivity contribution in [3.8, 4) is 6.07 Å². The van der Waals surface area contributed by atoms with Crippen LogP contribution in [0, 0.1) is 16.7 Å². The van der Waals surface area contributed by atoms with Gasteiger partial charge in [0.1, 0.15) is 6.61 Å². The van der Waals surface area contributed by atoms with Crippen LogP contribution >= 0.6 is 0 Å². The van der Waals surface area contributed by atoms with Gasteiger partial charge in [-0.1, -0.05) is 0 Å². The van der Waals surface area contributed by atoms with E-state index in [1.807, 2.05) is 19.9 Å². The molecule has 0 aromatic heterocycles. The van der Waals surface area contributed by atoms with Crippen molar-refractivity contribution in [3.05, 3.63) is 0 Å². The molecular formula is C14H26N2O4. The molecule has 0 heterocycles. The number of nitrogens with two attached hydrogens (primary N) is 1. The molecule has 116 valence electrons. The van der Waals surface area contributed by atoms with Crippen molar-refractivity contribution >= 4 is 5.97 Å². The summed E-state index contributed by atoms with van der Waals surface area (Å²) < 4.78 is 15.8. The summed E-state index contributed by atoms with van der Waals surface area (Å²) in [6, 6.07) is 1.94. The molecule has 0 amide bonds. The van der Waals surface area contributed by atoms with E-state index in [0.717, 1.165) is 0 Å². The standard InChI is InChI=1S/C14H26N2O4/c1-3-18-10-6-14(12-16,7-11-19-4-2)13(17)20-9-5-8-15/h3-7,9-12,16H2,1-2H3. The molecular weight excluding hydrogens is 260 g/mol. The number of nitrogens with zero attached hydrogens (tertiary/aromatic N) is 1. The number of carbonyl (C=O) groups excluding carboxylic acids is 1. The minimum absolute atomic E-state index is 0.0976. The van der Waals surface area contributed by atoms with E-state index in [2.05, 4.69) is 0 Å². The first kappa shape index (κ1) is 18.8. The quantitative estimate of drug-likeness (QED) is 0.428. The molecule has 0 unspecified atom stereocenters. The maximum Gasteiger partial charge on any atom is 0.313 e. The lowest BCUT2D eigenvalue weighted by Gasteiger charge is -2.30. The molecule has 0 atom stereocenters. The first-order valence-electron chi connectivity index (χ1n) is 7.06. The molecule has 2 N–H and O–H groups in total. The second-order valence-electron chi connectivity index (χ2n) is 4.42. The van der Waals surface area contributed by atoms with Crippen LogP contribution in [0.1, 0.15) is 33.1 Å². The summed E-state index contributed by atoms with van der Waals surface area (Å²) in [5.74, 6) is -0.366. The van der Waals surface area contributed by atoms with Gasteiger partial charge >= 0.3 is 5.97 Å². The summed E-state index contributed by atoms with van der Waals surface area (Å²) in [4.78, 5) is 12.2. The van der Waals surface area contributed by atoms with Crippen LogP contribution in [-0.2, 0) is 19.0 Å². The molecule has 0 radical (unpaired) electrons. The molecule has 6 nitrogen and oxygen atoms in total. The molecule has 0 spiro atoms. The Morgan fingerprint density at radius 2 is 1.70 bits per heavy atom. The fourth-order valence-corrected chi connectivity index (χ4v) is 1.78. The molecule has 0 fully saturated rings. The van der Waals surface area contributed by atoms with Crippen molar-refractivity contribution in [2.24, 2.45) is 11.1 Å². The Morgan fingerprint density at radius 3 is 2.10 bits per heavy atom. The molecule has 0 rings (SSSR count). The van der Waals surface area contributed by atoms with Crippen LogP contribution in [0.4, 0.5) is 0 Å². The van der Waals surface area contributed by atoms with Gasteiger partial charge in [-0.15, -0.1) is 0 Å². The summed E-state index contributed by atoms with van der Waals surface area (Å²) in [6.45, 7) is 6.16. The summed E-state index contributed by atoms with van der Waals surface area (Å²) in [7, 11) is 0. The normalized spacial score (nSPS) is 11.1. The molecule has 0 bridgehead atoms. The van der Waals surface area contributed by atoms with Crippen molar-refractivity contribution in [1.29, 1.82) is 5.26 Å². The Labute approximate surface area is 121 Å². The fourth-order valence-electron chi connectivity index (χ4n) is 1.78. The molecule has 0 aliphatic rings. The highest BCUT2D eigenvalue weighted by molar-refractivity contribution is 5.77. The van der Waals surface area contributed by atoms with E-state index in [0.29, 0.717) is 39.3 Å². The number of rotatable bonds is 12. The van der Waals surface area contributed by atoms with Crippen LogP contribution in [0.3, 0.4) is 0 Å². The molecule has 0 saturated carbocycles. The number of esters is 1. The lowest BCUT2D eigenvalue weighted by atomic mass is 9.81. The van der Waals surface area contributed by atoms with Crippen molar-refractivity contribution in [2.45, 2.75) is 33.1 Å². The highest BCUT2D eigenvalue weighted by Crippen LogP contribution is 2.28. The van der Waals surface area contributed by atoms with Gasteiger partial charge in [0.25, 0.3) is 0 Å². The number of carbonyl (C=O) groups is 1. The van der Waals surface area contributed by atoms with Gasteiger partial charge in [-0.05, 0) is 26.7 Å². The summed E-state index contributed by atoms with van der Waals surface area (Å²) >= 11 is 0. The summed E-state index contributed by atoms with van der Waals surface area (Å²) in [6.07, 6.45) is 1.18. The van der Waals surface area contributed by atoms with Crippen molar-refractivity contribution in [3.63, 3.8) is 0 Å². The fraction of sp³-hybridized carbons (Fsp3) is 0.857. The van der Waals surface area contributed by atoms with Crippen LogP contribution in [0.15, 0.2) is 0 Å². The van der Waals surface area contributed by atoms with E-state index in [1.54, 1.807) is 0 Å². The van der Waals surface area contributed by atoms with Crippen LogP contribution in [0.2, 0.25) is 0 Å². The van der Waals surface area contributed by atoms with Crippen LogP contribution in [-0.4, -0.2) is 45.5 Å². The van der Waals surface area contributed by atoms with E-state index in [9.17, 15) is 4.79 Å². The molecule has 0 aromatic carbocycles. The minimum Gasteiger partial charge on any atom is -0.464 e. The number of hydrogen-bond acceptors (Lipinski definition) is 6. The first-order chi connectivity index (χ1) is 9.66. The number of ether oxygens (including phenoxy) is 3. The van der Waals surface area contributed by atoms with E-state index in [-0.39, 0.29) is 25.5 Å². The average molecular weight is 286 g/mol. The van der Waals surface area contributed by atoms with E-state index < -0.39 is 5.41 Å². The van der Waals surface area contributed by atoms with Gasteiger partial charge in [-0.3, -0.25) is 4.79 Å². The smallest absolute Gasteiger partial charge is 0.313 e. The van der Waals surface area contributed by atoms with Crippen LogP contribution in [0.25, 0.3) is 0 Å². The Bertz CT molecular complexity index is 292. The maximum absolute atomic E-state index is 12.2. The van der Waals surface area contributed by atoms with E-state index in [1.165, 1.54) is 0 Å². The predicted molar refractivity (Wildman–Crippen MR) is 74.9 cm³/mol. The number of nitriles is 1. The van der Waals surface area contributed by atoms with E-state index in [4.69, 9.17) is 25.2 Å². The molecule has 0 aromatic rings. The Balaban J connectivity index is 4.61. The number of hydrogen-bond donors (Lipinski definition) is 1. The third-order valence-electron chi connectivity index (χ3n) is 3.13. The van der Waals surface area contributed by atoms with Crippen molar-refractivity contribution < 1.29 is 19.0 Å². The third-order valence-corrected chi connectivity index (χ3v) is 3.13. The topological polar surface area (TPSA) is 94.6 Å². The molecule has 0 aliphatic heterocycles. The second-order valence-corrected chi connectivity index (χ2v) is 4.42. The van der Waals surface area contributed by atoms with Gasteiger partial charge < -0.3 is 19.9 Å². The first-order valence-corrected chi connectivity index (χ1v) is 7.06. The molecule has 20 heavy (non-hydrogen) atoms. The van der Waals surface area contributed by atoms with Crippen molar-refractivity contribution in [2.75, 3.05) is 39.6 Å². The van der Waals surface area contributed by atoms with E-state index >= 15 is 0 Å². The third kappa shape index (κ3) is 6.85. The zero-order chi connectivity index (χ0) is 15.3. The average Bonchev–Trinajstić information content (AvgIpc) is 2.46. The van der Waals surface area contributed by atoms with Gasteiger partial charge in [0.2, 0.25) is 0 Å². The minimum atomic E-state index is -0.792. The zero-order valence-electron chi connectivity index (χ0n) is 12.5. The lowest BCUT2D eigenvalue weighted by Crippen LogP contribution is -2.42. The van der Waals surface area contributed by atoms with Gasteiger partial charge in [0, 0.05) is 33.0 Å². The van der Waals surface area contributed by atoms with Crippen LogP contribution in [0.5, 0.6) is 0 Å². The SMILES string of the molecule is CCOCCC(CN)(CCOCC)C(=O)OCCC#N. The molecule has 0 saturated heterocycles. The molecule has 6 heteroatoms. The molecule has 0 aliphatic carbocycles. The summed E-state index contributed by atoms with van der Waals surface area (Å²) in [5.41, 5.74) is 5.01. The van der Waals surface area contributed by atoms with Gasteiger partial charge in [-0.25, -0.2) is 0 Å². The Hall–Kier alpha value is -1.16. The van der Waals surface area contributed by atoms with Crippen molar-refractivity contribution in [1.82, 2.24) is 0 Å². The highest BCUT2D eigenvalue weighted by atomic mass is 16.5. The lowest BCUT2D eigenvalue weighted by molar-refractivity contribution is -0.158. The van der Waals surface area contributed by atoms with Crippen LogP contribution < -0.4 is 5.73 Å². The predicted octanol–water partition coefficient (Wildman–Crippen LogP) is 1.24. The Kier molecular flexibility index (Phi) is 11.0. The second kappa shape index (κ2) is 11.6. The maximum atomic E-state index is 12.2. The van der Waals surface area contributed by atoms with Gasteiger partial charge in [-0.2, -0.15) is 5.26 Å². The van der Waals surface area contributed by atoms with Gasteiger partial charge in [0.05, 0.1) is 17.9 Å². The largest absolute Gasteiger partial charge is 0.464 e. The highest BCUT2D eigenvalue weighted by Gasteiger charge is 2.38. The van der Waals surface area contributed by atoms with Gasteiger partial charge in [0.15, 0.2) is 0 Å². The Morgan fingerprint density at radius 1 is 1.15 bits per heavy atom.